The second-order valence-electron chi connectivity index (χ2n) is 3.81. The van der Waals surface area contributed by atoms with Crippen LogP contribution >= 0.6 is 0 Å². The maximum absolute atomic E-state index is 11.6. The fourth-order valence-corrected chi connectivity index (χ4v) is 2.26. The first-order valence-corrected chi connectivity index (χ1v) is 7.46. The Morgan fingerprint density at radius 2 is 1.62 bits per heavy atom. The molecule has 3 rings (SSSR count). The zero-order valence-electron chi connectivity index (χ0n) is 10.9. The maximum Gasteiger partial charge on any atom is 0.282 e. The van der Waals surface area contributed by atoms with Crippen molar-refractivity contribution in [3.05, 3.63) is 67.1 Å². The summed E-state index contributed by atoms with van der Waals surface area (Å²) < 4.78 is 25.6. The minimum Gasteiger partial charge on any atom is -0.278 e. The third-order valence-electron chi connectivity index (χ3n) is 2.26. The second kappa shape index (κ2) is 7.15. The number of hydrogen-bond donors (Lipinski definition) is 2. The van der Waals surface area contributed by atoms with E-state index in [9.17, 15) is 8.42 Å². The highest BCUT2D eigenvalue weighted by molar-refractivity contribution is 7.92. The van der Waals surface area contributed by atoms with Crippen LogP contribution in [0.1, 0.15) is 0 Å². The number of para-hydroxylation sites is 1. The van der Waals surface area contributed by atoms with Gasteiger partial charge in [-0.25, -0.2) is 0 Å². The first kappa shape index (κ1) is 14.7. The number of aromatic nitrogens is 4. The Balaban J connectivity index is 0.000000225. The van der Waals surface area contributed by atoms with Gasteiger partial charge in [0.1, 0.15) is 0 Å². The second-order valence-corrected chi connectivity index (χ2v) is 5.44. The van der Waals surface area contributed by atoms with E-state index >= 15 is 0 Å². The zero-order valence-corrected chi connectivity index (χ0v) is 11.7. The van der Waals surface area contributed by atoms with E-state index in [1.807, 2.05) is 18.2 Å². The van der Waals surface area contributed by atoms with Gasteiger partial charge in [0.25, 0.3) is 10.0 Å². The largest absolute Gasteiger partial charge is 0.282 e. The van der Waals surface area contributed by atoms with Gasteiger partial charge >= 0.3 is 0 Å². The molecule has 0 bridgehead atoms. The summed E-state index contributed by atoms with van der Waals surface area (Å²) in [5, 5.41) is 8.97. The van der Waals surface area contributed by atoms with Crippen LogP contribution in [0.5, 0.6) is 0 Å². The van der Waals surface area contributed by atoms with E-state index in [4.69, 9.17) is 0 Å². The average Bonchev–Trinajstić information content (AvgIpc) is 3.05. The molecule has 8 heteroatoms. The normalized spacial score (nSPS) is 10.3. The van der Waals surface area contributed by atoms with Crippen molar-refractivity contribution in [1.29, 1.82) is 0 Å². The van der Waals surface area contributed by atoms with Crippen LogP contribution in [0.25, 0.3) is 0 Å². The number of pyridine rings is 1. The van der Waals surface area contributed by atoms with Gasteiger partial charge in [-0.2, -0.15) is 8.42 Å². The van der Waals surface area contributed by atoms with Gasteiger partial charge in [0.15, 0.2) is 0 Å². The first-order chi connectivity index (χ1) is 10.2. The van der Waals surface area contributed by atoms with Gasteiger partial charge in [0.2, 0.25) is 5.03 Å². The lowest BCUT2D eigenvalue weighted by molar-refractivity contribution is 0.597. The molecular weight excluding hydrogens is 290 g/mol. The maximum atomic E-state index is 11.6. The Kier molecular flexibility index (Phi) is 4.99. The molecule has 0 fully saturated rings. The fraction of sp³-hybridized carbons (Fsp3) is 0. The molecule has 0 atom stereocenters. The third-order valence-corrected chi connectivity index (χ3v) is 3.52. The van der Waals surface area contributed by atoms with Gasteiger partial charge in [0.05, 0.1) is 6.20 Å². The predicted molar refractivity (Wildman–Crippen MR) is 77.9 cm³/mol. The molecule has 2 heterocycles. The van der Waals surface area contributed by atoms with Crippen LogP contribution in [0.4, 0.5) is 5.69 Å². The van der Waals surface area contributed by atoms with Crippen molar-refractivity contribution in [2.75, 3.05) is 4.72 Å². The molecule has 2 aromatic heterocycles. The smallest absolute Gasteiger partial charge is 0.278 e. The van der Waals surface area contributed by atoms with Crippen LogP contribution in [-0.2, 0) is 10.0 Å². The average molecular weight is 303 g/mol. The van der Waals surface area contributed by atoms with E-state index in [0.29, 0.717) is 5.69 Å². The summed E-state index contributed by atoms with van der Waals surface area (Å²) in [6.07, 6.45) is 4.71. The molecule has 0 aliphatic rings. The van der Waals surface area contributed by atoms with Gasteiger partial charge in [-0.15, -0.1) is 5.10 Å². The summed E-state index contributed by atoms with van der Waals surface area (Å²) in [6.45, 7) is 0. The van der Waals surface area contributed by atoms with Crippen LogP contribution in [0.3, 0.4) is 0 Å². The van der Waals surface area contributed by atoms with E-state index in [1.165, 1.54) is 6.20 Å². The molecule has 3 aromatic rings. The molecule has 108 valence electrons. The predicted octanol–water partition coefficient (Wildman–Crippen LogP) is 1.69. The van der Waals surface area contributed by atoms with Crippen molar-refractivity contribution < 1.29 is 8.42 Å². The Hall–Kier alpha value is -2.74. The molecule has 7 nitrogen and oxygen atoms in total. The molecule has 0 aliphatic carbocycles. The quantitative estimate of drug-likeness (QED) is 0.766. The summed E-state index contributed by atoms with van der Waals surface area (Å²) in [7, 11) is -3.62. The van der Waals surface area contributed by atoms with E-state index in [1.54, 1.807) is 42.7 Å². The number of sulfonamides is 1. The molecular formula is C13H13N5O2S. The number of H-pyrrole nitrogens is 1. The molecule has 0 aliphatic heterocycles. The summed E-state index contributed by atoms with van der Waals surface area (Å²) >= 11 is 0. The zero-order chi connectivity index (χ0) is 15.0. The van der Waals surface area contributed by atoms with Crippen molar-refractivity contribution in [2.45, 2.75) is 5.03 Å². The number of anilines is 1. The molecule has 21 heavy (non-hydrogen) atoms. The molecule has 2 N–H and O–H groups in total. The van der Waals surface area contributed by atoms with Gasteiger partial charge in [-0.05, 0) is 24.3 Å². The number of benzene rings is 1. The lowest BCUT2D eigenvalue weighted by atomic mass is 10.3. The Labute approximate surface area is 122 Å². The Morgan fingerprint density at radius 3 is 2.10 bits per heavy atom. The molecule has 0 spiro atoms. The van der Waals surface area contributed by atoms with Gasteiger partial charge in [0, 0.05) is 18.1 Å². The topological polar surface area (TPSA) is 101 Å². The highest BCUT2D eigenvalue weighted by Crippen LogP contribution is 2.11. The fourth-order valence-electron chi connectivity index (χ4n) is 1.35. The van der Waals surface area contributed by atoms with Crippen LogP contribution in [0.15, 0.2) is 72.1 Å². The summed E-state index contributed by atoms with van der Waals surface area (Å²) in [6, 6.07) is 14.3. The molecule has 0 saturated heterocycles. The lowest BCUT2D eigenvalue weighted by Crippen LogP contribution is -2.13. The number of nitrogens with zero attached hydrogens (tertiary/aromatic N) is 3. The van der Waals surface area contributed by atoms with Crippen molar-refractivity contribution in [3.8, 4) is 0 Å². The monoisotopic (exact) mass is 303 g/mol. The third kappa shape index (κ3) is 4.69. The van der Waals surface area contributed by atoms with Crippen LogP contribution < -0.4 is 4.72 Å². The van der Waals surface area contributed by atoms with Gasteiger partial charge in [-0.1, -0.05) is 29.5 Å². The minimum absolute atomic E-state index is 0.133. The summed E-state index contributed by atoms with van der Waals surface area (Å²) in [5.41, 5.74) is 0.487. The summed E-state index contributed by atoms with van der Waals surface area (Å²) in [5.74, 6) is 0. The van der Waals surface area contributed by atoms with E-state index in [2.05, 4.69) is 25.1 Å². The number of hydrogen-bond acceptors (Lipinski definition) is 5. The highest BCUT2D eigenvalue weighted by Gasteiger charge is 2.16. The van der Waals surface area contributed by atoms with Crippen LogP contribution in [-0.4, -0.2) is 28.8 Å². The number of aromatic amines is 1. The van der Waals surface area contributed by atoms with Crippen molar-refractivity contribution in [2.24, 2.45) is 0 Å². The van der Waals surface area contributed by atoms with Crippen molar-refractivity contribution in [3.63, 3.8) is 0 Å². The van der Waals surface area contributed by atoms with Crippen molar-refractivity contribution in [1.82, 2.24) is 20.4 Å². The Morgan fingerprint density at radius 1 is 0.952 bits per heavy atom. The summed E-state index contributed by atoms with van der Waals surface area (Å²) in [4.78, 5) is 3.78. The lowest BCUT2D eigenvalue weighted by Gasteiger charge is -2.03. The van der Waals surface area contributed by atoms with Gasteiger partial charge < -0.3 is 0 Å². The molecule has 0 saturated carbocycles. The number of rotatable bonds is 3. The van der Waals surface area contributed by atoms with Crippen molar-refractivity contribution >= 4 is 15.7 Å². The first-order valence-electron chi connectivity index (χ1n) is 5.98. The van der Waals surface area contributed by atoms with Gasteiger partial charge in [-0.3, -0.25) is 14.8 Å². The molecule has 0 unspecified atom stereocenters. The molecule has 0 radical (unpaired) electrons. The van der Waals surface area contributed by atoms with Crippen LogP contribution in [0.2, 0.25) is 0 Å². The van der Waals surface area contributed by atoms with E-state index < -0.39 is 10.0 Å². The number of nitrogens with one attached hydrogen (secondary N) is 2. The molecule has 0 amide bonds. The highest BCUT2D eigenvalue weighted by atomic mass is 32.2. The SMILES string of the molecule is O=S(=O)(Nc1ccccc1)c1c[nH]nn1.c1ccncc1. The Bertz CT molecular complexity index is 704. The van der Waals surface area contributed by atoms with E-state index in [-0.39, 0.29) is 5.03 Å². The van der Waals surface area contributed by atoms with E-state index in [0.717, 1.165) is 0 Å². The molecule has 1 aromatic carbocycles. The van der Waals surface area contributed by atoms with Crippen LogP contribution in [0, 0.1) is 0 Å². The minimum atomic E-state index is -3.62. The standard InChI is InChI=1S/C8H8N4O2S.C5H5N/c13-15(14,8-6-9-12-10-8)11-7-4-2-1-3-5-7;1-2-4-6-5-3-1/h1-6,11H,(H,9,10,12);1-5H.